The van der Waals surface area contributed by atoms with Crippen molar-refractivity contribution < 1.29 is 4.79 Å². The van der Waals surface area contributed by atoms with E-state index < -0.39 is 0 Å². The molecule has 0 bridgehead atoms. The highest BCUT2D eigenvalue weighted by atomic mass is 35.5. The van der Waals surface area contributed by atoms with Crippen LogP contribution in [0.4, 0.5) is 0 Å². The van der Waals surface area contributed by atoms with Gasteiger partial charge in [-0.2, -0.15) is 0 Å². The molecule has 2 aromatic rings. The third kappa shape index (κ3) is 3.94. The predicted octanol–water partition coefficient (Wildman–Crippen LogP) is 3.36. The second-order valence-electron chi connectivity index (χ2n) is 3.99. The van der Waals surface area contributed by atoms with E-state index in [0.29, 0.717) is 12.1 Å². The molecule has 0 atom stereocenters. The number of hydrogen-bond acceptors (Lipinski definition) is 2. The van der Waals surface area contributed by atoms with E-state index in [1.54, 1.807) is 0 Å². The Morgan fingerprint density at radius 3 is 2.63 bits per heavy atom. The van der Waals surface area contributed by atoms with Crippen LogP contribution in [0.25, 0.3) is 0 Å². The van der Waals surface area contributed by atoms with Gasteiger partial charge in [-0.1, -0.05) is 53.5 Å². The number of nitrogens with one attached hydrogen (secondary N) is 1. The number of carbonyl (C=O) groups is 1. The van der Waals surface area contributed by atoms with Crippen molar-refractivity contribution in [2.24, 2.45) is 0 Å². The van der Waals surface area contributed by atoms with Gasteiger partial charge in [-0.15, -0.1) is 0 Å². The average Bonchev–Trinajstić information content (AvgIpc) is 2.43. The Hall–Kier alpha value is -1.58. The molecular weight excluding hydrogens is 283 g/mol. The Balaban J connectivity index is 1.89. The maximum atomic E-state index is 11.8. The second kappa shape index (κ2) is 6.55. The van der Waals surface area contributed by atoms with E-state index in [1.165, 1.54) is 17.8 Å². The number of amides is 1. The summed E-state index contributed by atoms with van der Waals surface area (Å²) in [5, 5.41) is 3.29. The van der Waals surface area contributed by atoms with Crippen LogP contribution < -0.4 is 5.32 Å². The molecule has 0 fully saturated rings. The van der Waals surface area contributed by atoms with Gasteiger partial charge in [-0.05, 0) is 18.1 Å². The molecule has 3 nitrogen and oxygen atoms in total. The topological polar surface area (TPSA) is 42.0 Å². The van der Waals surface area contributed by atoms with Gasteiger partial charge in [0, 0.05) is 12.7 Å². The van der Waals surface area contributed by atoms with Crippen LogP contribution in [-0.2, 0) is 6.42 Å². The normalized spacial score (nSPS) is 10.2. The summed E-state index contributed by atoms with van der Waals surface area (Å²) in [4.78, 5) is 15.7. The zero-order chi connectivity index (χ0) is 13.7. The van der Waals surface area contributed by atoms with Crippen molar-refractivity contribution in [2.75, 3.05) is 6.54 Å². The fraction of sp³-hybridized carbons (Fsp3) is 0.143. The lowest BCUT2D eigenvalue weighted by atomic mass is 10.1. The fourth-order valence-electron chi connectivity index (χ4n) is 1.61. The summed E-state index contributed by atoms with van der Waals surface area (Å²) in [6, 6.07) is 11.5. The third-order valence-electron chi connectivity index (χ3n) is 2.60. The first kappa shape index (κ1) is 13.8. The minimum absolute atomic E-state index is 0.197. The molecule has 1 amide bonds. The molecule has 0 aliphatic heterocycles. The molecule has 0 spiro atoms. The van der Waals surface area contributed by atoms with E-state index in [0.717, 1.165) is 6.42 Å². The summed E-state index contributed by atoms with van der Waals surface area (Å²) >= 11 is 11.5. The van der Waals surface area contributed by atoms with Crippen molar-refractivity contribution in [1.82, 2.24) is 10.3 Å². The van der Waals surface area contributed by atoms with E-state index in [1.807, 2.05) is 30.3 Å². The molecular formula is C14H12Cl2N2O. The summed E-state index contributed by atoms with van der Waals surface area (Å²) in [6.07, 6.45) is 2.19. The SMILES string of the molecule is O=C(NCCc1ccccc1)c1cnc(Cl)c(Cl)c1. The number of halogens is 2. The highest BCUT2D eigenvalue weighted by Gasteiger charge is 2.08. The maximum Gasteiger partial charge on any atom is 0.252 e. The molecule has 0 unspecified atom stereocenters. The summed E-state index contributed by atoms with van der Waals surface area (Å²) in [5.74, 6) is -0.206. The molecule has 98 valence electrons. The van der Waals surface area contributed by atoms with Crippen LogP contribution in [0.15, 0.2) is 42.6 Å². The Morgan fingerprint density at radius 1 is 1.21 bits per heavy atom. The van der Waals surface area contributed by atoms with E-state index in [-0.39, 0.29) is 16.1 Å². The Morgan fingerprint density at radius 2 is 1.95 bits per heavy atom. The molecule has 0 saturated carbocycles. The van der Waals surface area contributed by atoms with Gasteiger partial charge in [0.15, 0.2) is 0 Å². The molecule has 1 aromatic heterocycles. The van der Waals surface area contributed by atoms with Gasteiger partial charge in [0.25, 0.3) is 5.91 Å². The summed E-state index contributed by atoms with van der Waals surface area (Å²) in [7, 11) is 0. The van der Waals surface area contributed by atoms with Crippen LogP contribution >= 0.6 is 23.2 Å². The van der Waals surface area contributed by atoms with Crippen molar-refractivity contribution in [3.8, 4) is 0 Å². The van der Waals surface area contributed by atoms with Crippen LogP contribution in [0, 0.1) is 0 Å². The second-order valence-corrected chi connectivity index (χ2v) is 4.75. The summed E-state index contributed by atoms with van der Waals surface area (Å²) < 4.78 is 0. The van der Waals surface area contributed by atoms with E-state index in [2.05, 4.69) is 10.3 Å². The van der Waals surface area contributed by atoms with E-state index in [4.69, 9.17) is 23.2 Å². The first-order valence-electron chi connectivity index (χ1n) is 5.80. The van der Waals surface area contributed by atoms with Gasteiger partial charge >= 0.3 is 0 Å². The van der Waals surface area contributed by atoms with Crippen LogP contribution in [0.5, 0.6) is 0 Å². The average molecular weight is 295 g/mol. The summed E-state index contributed by atoms with van der Waals surface area (Å²) in [5.41, 5.74) is 1.58. The molecule has 1 heterocycles. The molecule has 0 saturated heterocycles. The predicted molar refractivity (Wildman–Crippen MR) is 76.7 cm³/mol. The quantitative estimate of drug-likeness (QED) is 0.879. The summed E-state index contributed by atoms with van der Waals surface area (Å²) in [6.45, 7) is 0.559. The van der Waals surface area contributed by atoms with E-state index >= 15 is 0 Å². The van der Waals surface area contributed by atoms with Gasteiger partial charge < -0.3 is 5.32 Å². The van der Waals surface area contributed by atoms with Gasteiger partial charge in [-0.25, -0.2) is 4.98 Å². The van der Waals surface area contributed by atoms with Crippen LogP contribution in [0.1, 0.15) is 15.9 Å². The van der Waals surface area contributed by atoms with Crippen molar-refractivity contribution in [2.45, 2.75) is 6.42 Å². The highest BCUT2D eigenvalue weighted by molar-refractivity contribution is 6.41. The molecule has 2 rings (SSSR count). The maximum absolute atomic E-state index is 11.8. The van der Waals surface area contributed by atoms with Gasteiger partial charge in [0.2, 0.25) is 0 Å². The standard InChI is InChI=1S/C14H12Cl2N2O/c15-12-8-11(9-18-13(12)16)14(19)17-7-6-10-4-2-1-3-5-10/h1-5,8-9H,6-7H2,(H,17,19). The molecule has 1 aromatic carbocycles. The number of benzene rings is 1. The lowest BCUT2D eigenvalue weighted by molar-refractivity contribution is 0.0954. The lowest BCUT2D eigenvalue weighted by Gasteiger charge is -2.05. The highest BCUT2D eigenvalue weighted by Crippen LogP contribution is 2.19. The van der Waals surface area contributed by atoms with E-state index in [9.17, 15) is 4.79 Å². The first-order chi connectivity index (χ1) is 9.16. The van der Waals surface area contributed by atoms with Crippen molar-refractivity contribution in [3.63, 3.8) is 0 Å². The molecule has 1 N–H and O–H groups in total. The largest absolute Gasteiger partial charge is 0.352 e. The molecule has 0 radical (unpaired) electrons. The fourth-order valence-corrected chi connectivity index (χ4v) is 1.88. The lowest BCUT2D eigenvalue weighted by Crippen LogP contribution is -2.25. The number of hydrogen-bond donors (Lipinski definition) is 1. The number of aromatic nitrogens is 1. The van der Waals surface area contributed by atoms with Gasteiger partial charge in [0.05, 0.1) is 10.6 Å². The minimum Gasteiger partial charge on any atom is -0.352 e. The number of carbonyl (C=O) groups excluding carboxylic acids is 1. The van der Waals surface area contributed by atoms with Crippen molar-refractivity contribution in [1.29, 1.82) is 0 Å². The Labute approximate surface area is 121 Å². The Kier molecular flexibility index (Phi) is 4.77. The van der Waals surface area contributed by atoms with Crippen molar-refractivity contribution in [3.05, 3.63) is 63.9 Å². The molecule has 5 heteroatoms. The van der Waals surface area contributed by atoms with Crippen LogP contribution in [-0.4, -0.2) is 17.4 Å². The smallest absolute Gasteiger partial charge is 0.252 e. The molecule has 0 aliphatic rings. The van der Waals surface area contributed by atoms with Crippen molar-refractivity contribution >= 4 is 29.1 Å². The Bertz CT molecular complexity index is 573. The third-order valence-corrected chi connectivity index (χ3v) is 3.29. The van der Waals surface area contributed by atoms with Crippen LogP contribution in [0.2, 0.25) is 10.2 Å². The monoisotopic (exact) mass is 294 g/mol. The van der Waals surface area contributed by atoms with Gasteiger partial charge in [-0.3, -0.25) is 4.79 Å². The first-order valence-corrected chi connectivity index (χ1v) is 6.55. The van der Waals surface area contributed by atoms with Crippen LogP contribution in [0.3, 0.4) is 0 Å². The zero-order valence-corrected chi connectivity index (χ0v) is 11.6. The molecule has 19 heavy (non-hydrogen) atoms. The number of pyridine rings is 1. The zero-order valence-electron chi connectivity index (χ0n) is 10.1. The molecule has 0 aliphatic carbocycles. The minimum atomic E-state index is -0.206. The van der Waals surface area contributed by atoms with Gasteiger partial charge in [0.1, 0.15) is 5.15 Å². The number of nitrogens with zero attached hydrogens (tertiary/aromatic N) is 1. The number of rotatable bonds is 4.